The molecule has 4 rings (SSSR count). The first-order valence-electron chi connectivity index (χ1n) is 8.99. The third-order valence-electron chi connectivity index (χ3n) is 4.84. The molecule has 0 bridgehead atoms. The number of hydrogen-bond acceptors (Lipinski definition) is 5. The first kappa shape index (κ1) is 17.1. The number of rotatable bonds is 5. The van der Waals surface area contributed by atoms with Gasteiger partial charge < -0.3 is 10.6 Å². The Morgan fingerprint density at radius 1 is 1.35 bits per heavy atom. The van der Waals surface area contributed by atoms with Gasteiger partial charge in [0, 0.05) is 37.8 Å². The number of amides is 1. The molecule has 3 heterocycles. The summed E-state index contributed by atoms with van der Waals surface area (Å²) >= 11 is 1.67. The van der Waals surface area contributed by atoms with Crippen molar-refractivity contribution in [3.05, 3.63) is 57.9 Å². The third kappa shape index (κ3) is 3.61. The van der Waals surface area contributed by atoms with Crippen molar-refractivity contribution in [1.29, 1.82) is 0 Å². The van der Waals surface area contributed by atoms with Crippen molar-refractivity contribution in [2.24, 2.45) is 0 Å². The molecule has 2 N–H and O–H groups in total. The van der Waals surface area contributed by atoms with Crippen LogP contribution in [-0.4, -0.2) is 22.4 Å². The molecule has 5 nitrogen and oxygen atoms in total. The van der Waals surface area contributed by atoms with E-state index in [4.69, 9.17) is 0 Å². The minimum absolute atomic E-state index is 0.0650. The number of benzene rings is 1. The van der Waals surface area contributed by atoms with Crippen LogP contribution in [0.15, 0.2) is 30.5 Å². The molecule has 1 aliphatic heterocycles. The molecule has 0 atom stereocenters. The number of nitrogens with zero attached hydrogens (tertiary/aromatic N) is 2. The van der Waals surface area contributed by atoms with Crippen molar-refractivity contribution in [3.63, 3.8) is 0 Å². The van der Waals surface area contributed by atoms with E-state index in [0.29, 0.717) is 19.4 Å². The number of carbonyl (C=O) groups excluding carboxylic acids is 1. The Balaban J connectivity index is 1.37. The van der Waals surface area contributed by atoms with Gasteiger partial charge in [0.05, 0.1) is 15.2 Å². The van der Waals surface area contributed by atoms with Crippen molar-refractivity contribution in [3.8, 4) is 0 Å². The fraction of sp³-hybridized carbons (Fsp3) is 0.350. The van der Waals surface area contributed by atoms with E-state index in [9.17, 15) is 4.79 Å². The maximum atomic E-state index is 12.3. The van der Waals surface area contributed by atoms with Crippen LogP contribution in [0.25, 0.3) is 10.2 Å². The van der Waals surface area contributed by atoms with E-state index >= 15 is 0 Å². The second kappa shape index (κ2) is 7.51. The first-order valence-corrected chi connectivity index (χ1v) is 9.80. The molecule has 134 valence electrons. The van der Waals surface area contributed by atoms with Crippen LogP contribution in [0.1, 0.15) is 33.8 Å². The number of hydrogen-bond donors (Lipinski definition) is 2. The Kier molecular flexibility index (Phi) is 4.95. The molecule has 0 aliphatic carbocycles. The summed E-state index contributed by atoms with van der Waals surface area (Å²) in [5.74, 6) is 0.0650. The smallest absolute Gasteiger partial charge is 0.220 e. The third-order valence-corrected chi connectivity index (χ3v) is 5.93. The van der Waals surface area contributed by atoms with E-state index in [-0.39, 0.29) is 5.91 Å². The van der Waals surface area contributed by atoms with Crippen LogP contribution < -0.4 is 10.6 Å². The second-order valence-corrected chi connectivity index (χ2v) is 7.72. The van der Waals surface area contributed by atoms with E-state index in [1.165, 1.54) is 21.4 Å². The fourth-order valence-corrected chi connectivity index (χ4v) is 4.37. The zero-order chi connectivity index (χ0) is 17.9. The molecule has 0 unspecified atom stereocenters. The average molecular weight is 366 g/mol. The molecule has 0 saturated carbocycles. The molecular weight excluding hydrogens is 344 g/mol. The molecule has 0 saturated heterocycles. The number of aryl methyl sites for hydroxylation is 2. The van der Waals surface area contributed by atoms with Gasteiger partial charge >= 0.3 is 0 Å². The molecule has 0 radical (unpaired) electrons. The Morgan fingerprint density at radius 3 is 3.12 bits per heavy atom. The van der Waals surface area contributed by atoms with Crippen molar-refractivity contribution in [2.75, 3.05) is 6.54 Å². The highest BCUT2D eigenvalue weighted by Gasteiger charge is 2.16. The van der Waals surface area contributed by atoms with Crippen LogP contribution in [0.5, 0.6) is 0 Å². The van der Waals surface area contributed by atoms with Gasteiger partial charge in [-0.2, -0.15) is 0 Å². The number of para-hydroxylation sites is 1. The quantitative estimate of drug-likeness (QED) is 0.729. The molecule has 2 aromatic heterocycles. The monoisotopic (exact) mass is 366 g/mol. The van der Waals surface area contributed by atoms with Gasteiger partial charge in [-0.3, -0.25) is 9.78 Å². The highest BCUT2D eigenvalue weighted by molar-refractivity contribution is 7.18. The molecule has 0 fully saturated rings. The predicted molar refractivity (Wildman–Crippen MR) is 104 cm³/mol. The van der Waals surface area contributed by atoms with Crippen LogP contribution >= 0.6 is 11.3 Å². The lowest BCUT2D eigenvalue weighted by molar-refractivity contribution is -0.121. The van der Waals surface area contributed by atoms with Crippen LogP contribution in [-0.2, 0) is 30.7 Å². The van der Waals surface area contributed by atoms with Crippen molar-refractivity contribution in [2.45, 2.75) is 39.3 Å². The summed E-state index contributed by atoms with van der Waals surface area (Å²) in [6.07, 6.45) is 4.09. The van der Waals surface area contributed by atoms with E-state index in [1.54, 1.807) is 11.3 Å². The molecule has 1 aliphatic rings. The Morgan fingerprint density at radius 2 is 2.23 bits per heavy atom. The SMILES string of the molecule is Cc1ncc2c(c1CNC(=O)CCc1nc3ccccc3s1)CCNC2. The highest BCUT2D eigenvalue weighted by atomic mass is 32.1. The lowest BCUT2D eigenvalue weighted by atomic mass is 9.96. The van der Waals surface area contributed by atoms with Crippen LogP contribution in [0.3, 0.4) is 0 Å². The van der Waals surface area contributed by atoms with Crippen molar-refractivity contribution in [1.82, 2.24) is 20.6 Å². The molecule has 0 spiro atoms. The largest absolute Gasteiger partial charge is 0.352 e. The average Bonchev–Trinajstić information content (AvgIpc) is 3.08. The summed E-state index contributed by atoms with van der Waals surface area (Å²) in [6, 6.07) is 8.09. The lowest BCUT2D eigenvalue weighted by Gasteiger charge is -2.21. The van der Waals surface area contributed by atoms with Crippen molar-refractivity contribution >= 4 is 27.5 Å². The maximum absolute atomic E-state index is 12.3. The van der Waals surface area contributed by atoms with Crippen LogP contribution in [0.4, 0.5) is 0 Å². The van der Waals surface area contributed by atoms with Crippen LogP contribution in [0.2, 0.25) is 0 Å². The minimum Gasteiger partial charge on any atom is -0.352 e. The standard InChI is InChI=1S/C20H22N4OS/c1-13-16(15-8-9-21-10-14(15)11-22-13)12-23-19(25)6-7-20-24-17-4-2-3-5-18(17)26-20/h2-5,11,21H,6-10,12H2,1H3,(H,23,25). The Hall–Kier alpha value is -2.31. The lowest BCUT2D eigenvalue weighted by Crippen LogP contribution is -2.29. The predicted octanol–water partition coefficient (Wildman–Crippen LogP) is 2.89. The molecule has 26 heavy (non-hydrogen) atoms. The van der Waals surface area contributed by atoms with E-state index in [0.717, 1.165) is 35.7 Å². The minimum atomic E-state index is 0.0650. The van der Waals surface area contributed by atoms with Crippen LogP contribution in [0, 0.1) is 6.92 Å². The summed E-state index contributed by atoms with van der Waals surface area (Å²) in [7, 11) is 0. The second-order valence-electron chi connectivity index (χ2n) is 6.60. The van der Waals surface area contributed by atoms with Gasteiger partial charge in [-0.25, -0.2) is 4.98 Å². The zero-order valence-electron chi connectivity index (χ0n) is 14.8. The Bertz CT molecular complexity index is 917. The topological polar surface area (TPSA) is 66.9 Å². The number of aromatic nitrogens is 2. The number of fused-ring (bicyclic) bond motifs is 2. The first-order chi connectivity index (χ1) is 12.7. The normalized spacial score (nSPS) is 13.6. The zero-order valence-corrected chi connectivity index (χ0v) is 15.7. The van der Waals surface area contributed by atoms with Crippen molar-refractivity contribution < 1.29 is 4.79 Å². The van der Waals surface area contributed by atoms with Gasteiger partial charge in [-0.15, -0.1) is 11.3 Å². The summed E-state index contributed by atoms with van der Waals surface area (Å²) in [5, 5.41) is 7.46. The number of nitrogens with one attached hydrogen (secondary N) is 2. The van der Waals surface area contributed by atoms with E-state index in [1.807, 2.05) is 31.3 Å². The molecular formula is C20H22N4OS. The van der Waals surface area contributed by atoms with Gasteiger partial charge in [0.2, 0.25) is 5.91 Å². The molecule has 1 amide bonds. The molecule has 6 heteroatoms. The van der Waals surface area contributed by atoms with Gasteiger partial charge in [-0.05, 0) is 48.7 Å². The van der Waals surface area contributed by atoms with Gasteiger partial charge in [0.1, 0.15) is 0 Å². The van der Waals surface area contributed by atoms with Gasteiger partial charge in [0.25, 0.3) is 0 Å². The highest BCUT2D eigenvalue weighted by Crippen LogP contribution is 2.23. The molecule has 1 aromatic carbocycles. The van der Waals surface area contributed by atoms with Gasteiger partial charge in [-0.1, -0.05) is 12.1 Å². The van der Waals surface area contributed by atoms with Gasteiger partial charge in [0.15, 0.2) is 0 Å². The summed E-state index contributed by atoms with van der Waals surface area (Å²) in [5.41, 5.74) is 5.80. The number of carbonyl (C=O) groups is 1. The summed E-state index contributed by atoms with van der Waals surface area (Å²) < 4.78 is 1.18. The van der Waals surface area contributed by atoms with E-state index in [2.05, 4.69) is 26.7 Å². The Labute approximate surface area is 156 Å². The number of thiazole rings is 1. The fourth-order valence-electron chi connectivity index (χ4n) is 3.40. The van der Waals surface area contributed by atoms with E-state index < -0.39 is 0 Å². The molecule has 3 aromatic rings. The summed E-state index contributed by atoms with van der Waals surface area (Å²) in [6.45, 7) is 4.42. The number of pyridine rings is 1. The summed E-state index contributed by atoms with van der Waals surface area (Å²) in [4.78, 5) is 21.4. The maximum Gasteiger partial charge on any atom is 0.220 e.